The molecule has 1 saturated heterocycles. The van der Waals surface area contributed by atoms with Crippen LogP contribution >= 0.6 is 11.8 Å². The predicted molar refractivity (Wildman–Crippen MR) is 102 cm³/mol. The normalized spacial score (nSPS) is 20.3. The minimum atomic E-state index is 0.234. The van der Waals surface area contributed by atoms with Crippen LogP contribution in [0.2, 0.25) is 0 Å². The molecule has 0 radical (unpaired) electrons. The van der Waals surface area contributed by atoms with Crippen LogP contribution in [-0.4, -0.2) is 48.9 Å². The van der Waals surface area contributed by atoms with Crippen molar-refractivity contribution in [2.24, 2.45) is 0 Å². The lowest BCUT2D eigenvalue weighted by molar-refractivity contribution is -0.132. The molecule has 1 aliphatic heterocycles. The summed E-state index contributed by atoms with van der Waals surface area (Å²) in [5.41, 5.74) is 1.03. The Labute approximate surface area is 158 Å². The Morgan fingerprint density at radius 2 is 2.00 bits per heavy atom. The molecule has 0 aromatic carbocycles. The highest BCUT2D eigenvalue weighted by molar-refractivity contribution is 7.99. The van der Waals surface area contributed by atoms with Crippen molar-refractivity contribution in [3.05, 3.63) is 24.5 Å². The SMILES string of the molecule is CC[C@H]1CCCCN1C(=O)CSc1nnc(-c2ccncc2)n1C1CC1. The number of nitrogens with zero attached hydrogens (tertiary/aromatic N) is 5. The van der Waals surface area contributed by atoms with Crippen LogP contribution in [0.15, 0.2) is 29.7 Å². The zero-order valence-electron chi connectivity index (χ0n) is 15.2. The third-order valence-electron chi connectivity index (χ3n) is 5.26. The molecular formula is C19H25N5OS. The van der Waals surface area contributed by atoms with E-state index in [2.05, 4.69) is 31.6 Å². The molecule has 2 aromatic rings. The molecule has 0 bridgehead atoms. The summed E-state index contributed by atoms with van der Waals surface area (Å²) < 4.78 is 2.21. The van der Waals surface area contributed by atoms with Gasteiger partial charge in [-0.25, -0.2) is 0 Å². The van der Waals surface area contributed by atoms with Gasteiger partial charge in [0.15, 0.2) is 11.0 Å². The van der Waals surface area contributed by atoms with Crippen LogP contribution in [-0.2, 0) is 4.79 Å². The van der Waals surface area contributed by atoms with E-state index in [4.69, 9.17) is 0 Å². The summed E-state index contributed by atoms with van der Waals surface area (Å²) in [6, 6.07) is 4.79. The Hall–Kier alpha value is -1.89. The molecule has 1 atom stereocenters. The fourth-order valence-corrected chi connectivity index (χ4v) is 4.59. The molecular weight excluding hydrogens is 346 g/mol. The smallest absolute Gasteiger partial charge is 0.233 e. The number of thioether (sulfide) groups is 1. The van der Waals surface area contributed by atoms with E-state index < -0.39 is 0 Å². The number of hydrogen-bond acceptors (Lipinski definition) is 5. The maximum absolute atomic E-state index is 12.8. The third-order valence-corrected chi connectivity index (χ3v) is 6.19. The standard InChI is InChI=1S/C19H25N5OS/c1-2-15-5-3-4-12-23(15)17(25)13-26-19-22-21-18(24(19)16-6-7-16)14-8-10-20-11-9-14/h8-11,15-16H,2-7,12-13H2,1H3/t15-/m0/s1. The predicted octanol–water partition coefficient (Wildman–Crippen LogP) is 3.56. The first-order chi connectivity index (χ1) is 12.8. The van der Waals surface area contributed by atoms with Crippen molar-refractivity contribution < 1.29 is 4.79 Å². The number of carbonyl (C=O) groups excluding carboxylic acids is 1. The van der Waals surface area contributed by atoms with Gasteiger partial charge in [0.1, 0.15) is 0 Å². The van der Waals surface area contributed by atoms with E-state index in [-0.39, 0.29) is 5.91 Å². The molecule has 1 aliphatic carbocycles. The average Bonchev–Trinajstić information content (AvgIpc) is 3.45. The first-order valence-corrected chi connectivity index (χ1v) is 10.5. The van der Waals surface area contributed by atoms with E-state index in [9.17, 15) is 4.79 Å². The Morgan fingerprint density at radius 3 is 2.73 bits per heavy atom. The highest BCUT2D eigenvalue weighted by Gasteiger charge is 2.31. The fourth-order valence-electron chi connectivity index (χ4n) is 3.70. The molecule has 3 heterocycles. The van der Waals surface area contributed by atoms with Gasteiger partial charge in [-0.1, -0.05) is 18.7 Å². The lowest BCUT2D eigenvalue weighted by Crippen LogP contribution is -2.44. The maximum Gasteiger partial charge on any atom is 0.233 e. The van der Waals surface area contributed by atoms with Gasteiger partial charge in [-0.05, 0) is 50.7 Å². The molecule has 7 heteroatoms. The van der Waals surface area contributed by atoms with Crippen molar-refractivity contribution >= 4 is 17.7 Å². The third kappa shape index (κ3) is 3.63. The van der Waals surface area contributed by atoms with Crippen molar-refractivity contribution in [3.63, 3.8) is 0 Å². The minimum Gasteiger partial charge on any atom is -0.339 e. The van der Waals surface area contributed by atoms with Gasteiger partial charge in [-0.2, -0.15) is 0 Å². The zero-order chi connectivity index (χ0) is 17.9. The highest BCUT2D eigenvalue weighted by Crippen LogP contribution is 2.41. The Balaban J connectivity index is 1.48. The van der Waals surface area contributed by atoms with Crippen LogP contribution in [0, 0.1) is 0 Å². The van der Waals surface area contributed by atoms with Crippen LogP contribution in [0.4, 0.5) is 0 Å². The van der Waals surface area contributed by atoms with Gasteiger partial charge in [0, 0.05) is 36.6 Å². The number of pyridine rings is 1. The van der Waals surface area contributed by atoms with E-state index in [1.165, 1.54) is 18.2 Å². The summed E-state index contributed by atoms with van der Waals surface area (Å²) in [6.07, 6.45) is 10.4. The fraction of sp³-hybridized carbons (Fsp3) is 0.579. The van der Waals surface area contributed by atoms with Gasteiger partial charge >= 0.3 is 0 Å². The Bertz CT molecular complexity index is 759. The van der Waals surface area contributed by atoms with Gasteiger partial charge in [-0.15, -0.1) is 10.2 Å². The van der Waals surface area contributed by atoms with Gasteiger partial charge in [-0.3, -0.25) is 14.3 Å². The number of amides is 1. The van der Waals surface area contributed by atoms with Crippen molar-refractivity contribution in [2.75, 3.05) is 12.3 Å². The molecule has 2 aromatic heterocycles. The van der Waals surface area contributed by atoms with Crippen molar-refractivity contribution in [1.82, 2.24) is 24.6 Å². The number of rotatable bonds is 6. The monoisotopic (exact) mass is 371 g/mol. The molecule has 0 unspecified atom stereocenters. The van der Waals surface area contributed by atoms with E-state index in [0.717, 1.165) is 55.2 Å². The number of likely N-dealkylation sites (tertiary alicyclic amines) is 1. The van der Waals surface area contributed by atoms with Gasteiger partial charge < -0.3 is 4.90 Å². The lowest BCUT2D eigenvalue weighted by atomic mass is 10.0. The van der Waals surface area contributed by atoms with E-state index in [1.54, 1.807) is 12.4 Å². The molecule has 1 saturated carbocycles. The van der Waals surface area contributed by atoms with Crippen molar-refractivity contribution in [2.45, 2.75) is 62.7 Å². The second kappa shape index (κ2) is 7.78. The molecule has 4 rings (SSSR count). The summed E-state index contributed by atoms with van der Waals surface area (Å²) in [4.78, 5) is 18.9. The topological polar surface area (TPSA) is 63.9 Å². The number of hydrogen-bond donors (Lipinski definition) is 0. The molecule has 0 spiro atoms. The summed E-state index contributed by atoms with van der Waals surface area (Å²) in [7, 11) is 0. The van der Waals surface area contributed by atoms with Gasteiger partial charge in [0.2, 0.25) is 5.91 Å². The van der Waals surface area contributed by atoms with Crippen LogP contribution in [0.25, 0.3) is 11.4 Å². The van der Waals surface area contributed by atoms with Crippen LogP contribution < -0.4 is 0 Å². The van der Waals surface area contributed by atoms with Crippen LogP contribution in [0.5, 0.6) is 0 Å². The lowest BCUT2D eigenvalue weighted by Gasteiger charge is -2.35. The molecule has 0 N–H and O–H groups in total. The quantitative estimate of drug-likeness (QED) is 0.727. The number of piperidine rings is 1. The van der Waals surface area contributed by atoms with E-state index in [0.29, 0.717) is 17.8 Å². The van der Waals surface area contributed by atoms with Crippen LogP contribution in [0.3, 0.4) is 0 Å². The summed E-state index contributed by atoms with van der Waals surface area (Å²) in [5, 5.41) is 9.66. The molecule has 138 valence electrons. The Morgan fingerprint density at radius 1 is 1.19 bits per heavy atom. The average molecular weight is 372 g/mol. The second-order valence-corrected chi connectivity index (χ2v) is 8.02. The van der Waals surface area contributed by atoms with Crippen LogP contribution in [0.1, 0.15) is 51.5 Å². The molecule has 2 aliphatic rings. The van der Waals surface area contributed by atoms with Gasteiger partial charge in [0.25, 0.3) is 0 Å². The molecule has 1 amide bonds. The van der Waals surface area contributed by atoms with Crippen molar-refractivity contribution in [1.29, 1.82) is 0 Å². The molecule has 26 heavy (non-hydrogen) atoms. The Kier molecular flexibility index (Phi) is 5.24. The molecule has 2 fully saturated rings. The zero-order valence-corrected chi connectivity index (χ0v) is 16.0. The minimum absolute atomic E-state index is 0.234. The van der Waals surface area contributed by atoms with Crippen molar-refractivity contribution in [3.8, 4) is 11.4 Å². The first kappa shape index (κ1) is 17.5. The first-order valence-electron chi connectivity index (χ1n) is 9.55. The maximum atomic E-state index is 12.8. The van der Waals surface area contributed by atoms with Gasteiger partial charge in [0.05, 0.1) is 5.75 Å². The number of carbonyl (C=O) groups is 1. The van der Waals surface area contributed by atoms with E-state index >= 15 is 0 Å². The summed E-state index contributed by atoms with van der Waals surface area (Å²) in [5.74, 6) is 1.56. The highest BCUT2D eigenvalue weighted by atomic mass is 32.2. The van der Waals surface area contributed by atoms with E-state index in [1.807, 2.05) is 12.1 Å². The second-order valence-electron chi connectivity index (χ2n) is 7.08. The largest absolute Gasteiger partial charge is 0.339 e. The number of aromatic nitrogens is 4. The summed E-state index contributed by atoms with van der Waals surface area (Å²) in [6.45, 7) is 3.07. The molecule has 6 nitrogen and oxygen atoms in total. The summed E-state index contributed by atoms with van der Waals surface area (Å²) >= 11 is 1.53.